The van der Waals surface area contributed by atoms with E-state index in [0.29, 0.717) is 11.3 Å². The molecule has 8 heteroatoms. The summed E-state index contributed by atoms with van der Waals surface area (Å²) in [6.45, 7) is 3.04. The van der Waals surface area contributed by atoms with Gasteiger partial charge in [0.05, 0.1) is 0 Å². The first kappa shape index (κ1) is 20.2. The average Bonchev–Trinajstić information content (AvgIpc) is 2.91. The lowest BCUT2D eigenvalue weighted by molar-refractivity contribution is -0.154. The van der Waals surface area contributed by atoms with Gasteiger partial charge in [-0.15, -0.1) is 0 Å². The number of carbonyl (C=O) groups excluding carboxylic acids is 1. The Kier molecular flexibility index (Phi) is 5.41. The van der Waals surface area contributed by atoms with Crippen LogP contribution >= 0.6 is 0 Å². The van der Waals surface area contributed by atoms with Crippen molar-refractivity contribution in [2.45, 2.75) is 45.8 Å². The highest BCUT2D eigenvalue weighted by molar-refractivity contribution is 5.94. The molecule has 1 aliphatic rings. The summed E-state index contributed by atoms with van der Waals surface area (Å²) < 4.78 is 43.8. The Bertz CT molecular complexity index is 872. The van der Waals surface area contributed by atoms with Gasteiger partial charge in [-0.2, -0.15) is 13.2 Å². The fourth-order valence-electron chi connectivity index (χ4n) is 3.64. The molecule has 0 saturated carbocycles. The van der Waals surface area contributed by atoms with Gasteiger partial charge in [0.1, 0.15) is 5.69 Å². The average molecular weight is 395 g/mol. The van der Waals surface area contributed by atoms with Crippen molar-refractivity contribution in [2.75, 3.05) is 6.61 Å². The van der Waals surface area contributed by atoms with Crippen molar-refractivity contribution in [3.8, 4) is 5.88 Å². The van der Waals surface area contributed by atoms with Gasteiger partial charge in [-0.05, 0) is 41.9 Å². The van der Waals surface area contributed by atoms with Gasteiger partial charge >= 0.3 is 6.18 Å². The summed E-state index contributed by atoms with van der Waals surface area (Å²) in [5.74, 6) is -0.384. The predicted octanol–water partition coefficient (Wildman–Crippen LogP) is 3.81. The molecular weight excluding hydrogens is 371 g/mol. The predicted molar refractivity (Wildman–Crippen MR) is 98.2 cm³/mol. The van der Waals surface area contributed by atoms with Gasteiger partial charge < -0.3 is 14.6 Å². The van der Waals surface area contributed by atoms with E-state index in [4.69, 9.17) is 4.74 Å². The summed E-state index contributed by atoms with van der Waals surface area (Å²) in [5.41, 5.74) is 3.44. The molecule has 2 aromatic rings. The van der Waals surface area contributed by atoms with E-state index in [1.54, 1.807) is 12.1 Å². The van der Waals surface area contributed by atoms with Crippen molar-refractivity contribution in [3.63, 3.8) is 0 Å². The second kappa shape index (κ2) is 7.48. The molecule has 0 aromatic carbocycles. The monoisotopic (exact) mass is 395 g/mol. The zero-order valence-corrected chi connectivity index (χ0v) is 16.2. The van der Waals surface area contributed by atoms with Crippen molar-refractivity contribution < 1.29 is 22.7 Å². The Balaban J connectivity index is 1.72. The van der Waals surface area contributed by atoms with E-state index in [-0.39, 0.29) is 23.7 Å². The number of halogens is 3. The maximum absolute atomic E-state index is 12.8. The van der Waals surface area contributed by atoms with E-state index in [9.17, 15) is 18.0 Å². The molecule has 28 heavy (non-hydrogen) atoms. The Morgan fingerprint density at radius 2 is 2.14 bits per heavy atom. The van der Waals surface area contributed by atoms with Crippen LogP contribution in [-0.2, 0) is 26.4 Å². The quantitative estimate of drug-likeness (QED) is 0.838. The van der Waals surface area contributed by atoms with Crippen molar-refractivity contribution in [1.29, 1.82) is 0 Å². The minimum absolute atomic E-state index is 0.0330. The number of hydrogen-bond donors (Lipinski definition) is 1. The first-order chi connectivity index (χ1) is 13.1. The number of fused-ring (bicyclic) bond motifs is 1. The molecule has 0 fully saturated rings. The number of pyridine rings is 1. The van der Waals surface area contributed by atoms with Crippen LogP contribution in [0.15, 0.2) is 24.5 Å². The molecule has 2 aromatic heterocycles. The normalized spacial score (nSPS) is 15.8. The Hall–Kier alpha value is -2.51. The van der Waals surface area contributed by atoms with Crippen LogP contribution in [0.2, 0.25) is 0 Å². The maximum atomic E-state index is 12.8. The number of aryl methyl sites for hydroxylation is 1. The molecule has 0 saturated heterocycles. The van der Waals surface area contributed by atoms with E-state index in [0.717, 1.165) is 24.8 Å². The highest BCUT2D eigenvalue weighted by atomic mass is 19.4. The number of hydrogen-bond acceptors (Lipinski definition) is 3. The number of carbonyl (C=O) groups is 1. The van der Waals surface area contributed by atoms with Gasteiger partial charge in [-0.25, -0.2) is 4.98 Å². The highest BCUT2D eigenvalue weighted by Crippen LogP contribution is 2.36. The molecule has 0 radical (unpaired) electrons. The molecule has 0 bridgehead atoms. The summed E-state index contributed by atoms with van der Waals surface area (Å²) >= 11 is 0. The third-order valence-electron chi connectivity index (χ3n) is 4.97. The van der Waals surface area contributed by atoms with E-state index in [1.165, 1.54) is 11.8 Å². The zero-order valence-electron chi connectivity index (χ0n) is 16.2. The lowest BCUT2D eigenvalue weighted by atomic mass is 9.75. The van der Waals surface area contributed by atoms with Crippen LogP contribution in [0.3, 0.4) is 0 Å². The summed E-state index contributed by atoms with van der Waals surface area (Å²) in [7, 11) is 1.84. The molecule has 2 heterocycles. The minimum atomic E-state index is -4.45. The highest BCUT2D eigenvalue weighted by Gasteiger charge is 2.31. The molecule has 5 nitrogen and oxygen atoms in total. The minimum Gasteiger partial charge on any atom is -0.468 e. The number of aromatic nitrogens is 2. The van der Waals surface area contributed by atoms with Crippen LogP contribution in [0.4, 0.5) is 13.2 Å². The largest absolute Gasteiger partial charge is 0.468 e. The Labute approximate surface area is 161 Å². The van der Waals surface area contributed by atoms with E-state index < -0.39 is 12.8 Å². The molecule has 0 spiro atoms. The number of ether oxygens (including phenoxy) is 1. The fourth-order valence-corrected chi connectivity index (χ4v) is 3.64. The second-order valence-corrected chi connectivity index (χ2v) is 7.99. The Morgan fingerprint density at radius 1 is 1.39 bits per heavy atom. The van der Waals surface area contributed by atoms with Crippen LogP contribution < -0.4 is 10.1 Å². The second-order valence-electron chi connectivity index (χ2n) is 7.99. The van der Waals surface area contributed by atoms with Crippen molar-refractivity contribution in [1.82, 2.24) is 14.9 Å². The fraction of sp³-hybridized carbons (Fsp3) is 0.500. The van der Waals surface area contributed by atoms with Gasteiger partial charge in [0, 0.05) is 31.5 Å². The third-order valence-corrected chi connectivity index (χ3v) is 4.97. The van der Waals surface area contributed by atoms with Crippen LogP contribution in [0, 0.1) is 5.41 Å². The molecule has 1 N–H and O–H groups in total. The molecular formula is C20H24F3N3O2. The lowest BCUT2D eigenvalue weighted by Crippen LogP contribution is -2.28. The summed E-state index contributed by atoms with van der Waals surface area (Å²) in [6.07, 6.45) is 1.65. The van der Waals surface area contributed by atoms with Crippen LogP contribution in [0.1, 0.15) is 47.4 Å². The summed E-state index contributed by atoms with van der Waals surface area (Å²) in [6, 6.07) is 3.18. The Morgan fingerprint density at radius 3 is 2.86 bits per heavy atom. The first-order valence-corrected chi connectivity index (χ1v) is 9.14. The molecule has 1 aliphatic carbocycles. The first-order valence-electron chi connectivity index (χ1n) is 9.14. The summed E-state index contributed by atoms with van der Waals surface area (Å²) in [4.78, 5) is 16.6. The van der Waals surface area contributed by atoms with Crippen LogP contribution in [-0.4, -0.2) is 28.2 Å². The van der Waals surface area contributed by atoms with E-state index >= 15 is 0 Å². The zero-order chi connectivity index (χ0) is 20.5. The maximum Gasteiger partial charge on any atom is 0.422 e. The summed E-state index contributed by atoms with van der Waals surface area (Å²) in [5, 5.41) is 2.79. The van der Waals surface area contributed by atoms with Gasteiger partial charge in [0.2, 0.25) is 5.88 Å². The van der Waals surface area contributed by atoms with Gasteiger partial charge in [0.25, 0.3) is 5.91 Å². The van der Waals surface area contributed by atoms with Crippen molar-refractivity contribution >= 4 is 5.91 Å². The lowest BCUT2D eigenvalue weighted by Gasteiger charge is -2.29. The number of nitrogens with zero attached hydrogens (tertiary/aromatic N) is 2. The van der Waals surface area contributed by atoms with Crippen LogP contribution in [0.25, 0.3) is 0 Å². The molecule has 152 valence electrons. The van der Waals surface area contributed by atoms with Gasteiger partial charge in [0.15, 0.2) is 6.61 Å². The van der Waals surface area contributed by atoms with Gasteiger partial charge in [-0.3, -0.25) is 4.79 Å². The molecule has 3 rings (SSSR count). The molecule has 0 atom stereocenters. The van der Waals surface area contributed by atoms with E-state index in [2.05, 4.69) is 24.1 Å². The van der Waals surface area contributed by atoms with E-state index in [1.807, 2.05) is 17.8 Å². The van der Waals surface area contributed by atoms with Crippen LogP contribution in [0.5, 0.6) is 5.88 Å². The standard InChI is InChI=1S/C20H24F3N3O2/c1-19(2)7-6-15-14(9-19)11-26(3)16(15)17(27)25-10-13-5-4-8-24-18(13)28-12-20(21,22)23/h4-5,8,11H,6-7,9-10,12H2,1-3H3,(H,25,27). The topological polar surface area (TPSA) is 56.2 Å². The molecule has 1 amide bonds. The SMILES string of the molecule is Cn1cc2c(c1C(=O)NCc1cccnc1OCC(F)(F)F)CCC(C)(C)C2. The number of amides is 1. The third kappa shape index (κ3) is 4.66. The number of alkyl halides is 3. The van der Waals surface area contributed by atoms with Gasteiger partial charge in [-0.1, -0.05) is 19.9 Å². The smallest absolute Gasteiger partial charge is 0.422 e. The molecule has 0 aliphatic heterocycles. The van der Waals surface area contributed by atoms with Crippen molar-refractivity contribution in [2.24, 2.45) is 12.5 Å². The van der Waals surface area contributed by atoms with Crippen molar-refractivity contribution in [3.05, 3.63) is 46.9 Å². The molecule has 0 unspecified atom stereocenters. The number of rotatable bonds is 5. The number of nitrogens with one attached hydrogen (secondary N) is 1.